The topological polar surface area (TPSA) is 64.6 Å². The van der Waals surface area contributed by atoms with E-state index in [1.807, 2.05) is 6.92 Å². The van der Waals surface area contributed by atoms with Gasteiger partial charge in [-0.1, -0.05) is 13.8 Å². The molecule has 1 fully saturated rings. The summed E-state index contributed by atoms with van der Waals surface area (Å²) in [5.41, 5.74) is 0. The molecule has 1 saturated heterocycles. The van der Waals surface area contributed by atoms with Crippen LogP contribution in [0.5, 0.6) is 0 Å². The number of aliphatic hydroxyl groups excluding tert-OH is 1. The number of aliphatic hydroxyl groups is 1. The van der Waals surface area contributed by atoms with Crippen LogP contribution in [0, 0.1) is 11.8 Å². The number of carbonyl (C=O) groups is 1. The molecule has 2 atom stereocenters. The molecule has 1 aliphatic heterocycles. The van der Waals surface area contributed by atoms with E-state index in [9.17, 15) is 4.79 Å². The van der Waals surface area contributed by atoms with Crippen molar-refractivity contribution in [3.63, 3.8) is 0 Å². The Labute approximate surface area is 123 Å². The molecule has 5 nitrogen and oxygen atoms in total. The van der Waals surface area contributed by atoms with Gasteiger partial charge >= 0.3 is 6.03 Å². The molecule has 1 rings (SSSR count). The van der Waals surface area contributed by atoms with Crippen molar-refractivity contribution in [1.82, 2.24) is 15.5 Å². The minimum atomic E-state index is -0.119. The van der Waals surface area contributed by atoms with Gasteiger partial charge in [0.1, 0.15) is 0 Å². The second-order valence-electron chi connectivity index (χ2n) is 6.43. The van der Waals surface area contributed by atoms with Gasteiger partial charge < -0.3 is 20.6 Å². The summed E-state index contributed by atoms with van der Waals surface area (Å²) in [6.07, 6.45) is 3.02. The van der Waals surface area contributed by atoms with Crippen molar-refractivity contribution in [3.8, 4) is 0 Å². The fourth-order valence-electron chi connectivity index (χ4n) is 2.78. The van der Waals surface area contributed by atoms with E-state index in [2.05, 4.69) is 29.4 Å². The highest BCUT2D eigenvalue weighted by atomic mass is 16.3. The standard InChI is InChI=1S/C15H31N3O2/c1-12(2)10-18-7-4-5-14(11-18)9-16-15(20)17-13(3)6-8-19/h12-14,19H,4-11H2,1-3H3,(H2,16,17,20)/t13-,14?/m1/s1. The quantitative estimate of drug-likeness (QED) is 0.663. The van der Waals surface area contributed by atoms with Crippen molar-refractivity contribution in [2.45, 2.75) is 46.1 Å². The van der Waals surface area contributed by atoms with Crippen molar-refractivity contribution in [3.05, 3.63) is 0 Å². The molecule has 5 heteroatoms. The zero-order valence-electron chi connectivity index (χ0n) is 13.2. The monoisotopic (exact) mass is 285 g/mol. The Morgan fingerprint density at radius 1 is 1.40 bits per heavy atom. The number of urea groups is 1. The van der Waals surface area contributed by atoms with Gasteiger partial charge in [0.25, 0.3) is 0 Å². The van der Waals surface area contributed by atoms with Crippen LogP contribution in [-0.4, -0.2) is 54.9 Å². The van der Waals surface area contributed by atoms with Gasteiger partial charge in [0.2, 0.25) is 0 Å². The Balaban J connectivity index is 2.21. The van der Waals surface area contributed by atoms with Gasteiger partial charge in [0.05, 0.1) is 0 Å². The van der Waals surface area contributed by atoms with Crippen LogP contribution in [0.1, 0.15) is 40.0 Å². The SMILES string of the molecule is CC(C)CN1CCCC(CNC(=O)N[C@H](C)CCO)C1. The molecule has 0 aliphatic carbocycles. The first-order chi connectivity index (χ1) is 9.51. The summed E-state index contributed by atoms with van der Waals surface area (Å²) in [5.74, 6) is 1.26. The van der Waals surface area contributed by atoms with Crippen LogP contribution in [0.3, 0.4) is 0 Å². The van der Waals surface area contributed by atoms with Crippen LogP contribution < -0.4 is 10.6 Å². The van der Waals surface area contributed by atoms with Crippen LogP contribution in [0.2, 0.25) is 0 Å². The van der Waals surface area contributed by atoms with E-state index >= 15 is 0 Å². The maximum atomic E-state index is 11.7. The molecule has 0 aromatic rings. The Hall–Kier alpha value is -0.810. The van der Waals surface area contributed by atoms with Crippen LogP contribution in [0.4, 0.5) is 4.79 Å². The predicted octanol–water partition coefficient (Wildman–Crippen LogP) is 1.42. The van der Waals surface area contributed by atoms with Crippen molar-refractivity contribution in [2.75, 3.05) is 32.8 Å². The third-order valence-electron chi connectivity index (χ3n) is 3.72. The van der Waals surface area contributed by atoms with Crippen molar-refractivity contribution >= 4 is 6.03 Å². The molecule has 0 spiro atoms. The lowest BCUT2D eigenvalue weighted by Crippen LogP contribution is -2.46. The Morgan fingerprint density at radius 2 is 2.15 bits per heavy atom. The summed E-state index contributed by atoms with van der Waals surface area (Å²) in [6.45, 7) is 10.7. The third kappa shape index (κ3) is 7.10. The highest BCUT2D eigenvalue weighted by molar-refractivity contribution is 5.74. The molecule has 2 amide bonds. The van der Waals surface area contributed by atoms with E-state index in [4.69, 9.17) is 5.11 Å². The average Bonchev–Trinajstić information content (AvgIpc) is 2.36. The smallest absolute Gasteiger partial charge is 0.315 e. The zero-order valence-corrected chi connectivity index (χ0v) is 13.2. The van der Waals surface area contributed by atoms with Gasteiger partial charge in [0.15, 0.2) is 0 Å². The molecule has 3 N–H and O–H groups in total. The maximum absolute atomic E-state index is 11.7. The van der Waals surface area contributed by atoms with Crippen LogP contribution in [-0.2, 0) is 0 Å². The summed E-state index contributed by atoms with van der Waals surface area (Å²) in [7, 11) is 0. The fraction of sp³-hybridized carbons (Fsp3) is 0.933. The summed E-state index contributed by atoms with van der Waals surface area (Å²) in [6, 6.07) is -0.101. The molecule has 118 valence electrons. The minimum absolute atomic E-state index is 0.0174. The first-order valence-electron chi connectivity index (χ1n) is 7.88. The molecule has 20 heavy (non-hydrogen) atoms. The van der Waals surface area contributed by atoms with Gasteiger partial charge in [-0.2, -0.15) is 0 Å². The molecular formula is C15H31N3O2. The third-order valence-corrected chi connectivity index (χ3v) is 3.72. The molecule has 0 bridgehead atoms. The van der Waals surface area contributed by atoms with Crippen LogP contribution >= 0.6 is 0 Å². The first-order valence-corrected chi connectivity index (χ1v) is 7.88. The number of hydrogen-bond donors (Lipinski definition) is 3. The number of carbonyl (C=O) groups excluding carboxylic acids is 1. The van der Waals surface area contributed by atoms with E-state index in [1.165, 1.54) is 19.4 Å². The normalized spacial score (nSPS) is 21.8. The highest BCUT2D eigenvalue weighted by Crippen LogP contribution is 2.16. The van der Waals surface area contributed by atoms with Gasteiger partial charge in [-0.05, 0) is 44.6 Å². The van der Waals surface area contributed by atoms with Gasteiger partial charge in [-0.25, -0.2) is 4.79 Å². The van der Waals surface area contributed by atoms with Crippen molar-refractivity contribution in [2.24, 2.45) is 11.8 Å². The average molecular weight is 285 g/mol. The summed E-state index contributed by atoms with van der Waals surface area (Å²) in [5, 5.41) is 14.6. The number of amides is 2. The second kappa shape index (κ2) is 9.19. The molecule has 1 unspecified atom stereocenters. The Bertz CT molecular complexity index is 284. The number of hydrogen-bond acceptors (Lipinski definition) is 3. The lowest BCUT2D eigenvalue weighted by Gasteiger charge is -2.33. The number of piperidine rings is 1. The van der Waals surface area contributed by atoms with E-state index < -0.39 is 0 Å². The lowest BCUT2D eigenvalue weighted by atomic mass is 9.97. The number of nitrogens with zero attached hydrogens (tertiary/aromatic N) is 1. The number of nitrogens with one attached hydrogen (secondary N) is 2. The minimum Gasteiger partial charge on any atom is -0.396 e. The van der Waals surface area contributed by atoms with Gasteiger partial charge in [0, 0.05) is 32.3 Å². The maximum Gasteiger partial charge on any atom is 0.315 e. The zero-order chi connectivity index (χ0) is 15.0. The number of likely N-dealkylation sites (tertiary alicyclic amines) is 1. The van der Waals surface area contributed by atoms with Crippen LogP contribution in [0.25, 0.3) is 0 Å². The van der Waals surface area contributed by atoms with E-state index in [1.54, 1.807) is 0 Å². The molecule has 1 heterocycles. The predicted molar refractivity (Wildman–Crippen MR) is 81.7 cm³/mol. The van der Waals surface area contributed by atoms with E-state index in [0.717, 1.165) is 19.6 Å². The number of rotatable bonds is 7. The van der Waals surface area contributed by atoms with E-state index in [-0.39, 0.29) is 18.7 Å². The molecule has 0 aromatic carbocycles. The lowest BCUT2D eigenvalue weighted by molar-refractivity contribution is 0.156. The van der Waals surface area contributed by atoms with Crippen molar-refractivity contribution < 1.29 is 9.90 Å². The van der Waals surface area contributed by atoms with E-state index in [0.29, 0.717) is 18.3 Å². The Morgan fingerprint density at radius 3 is 2.80 bits per heavy atom. The first kappa shape index (κ1) is 17.2. The summed E-state index contributed by atoms with van der Waals surface area (Å²) >= 11 is 0. The molecule has 1 aliphatic rings. The molecule has 0 saturated carbocycles. The molecule has 0 radical (unpaired) electrons. The van der Waals surface area contributed by atoms with Crippen molar-refractivity contribution in [1.29, 1.82) is 0 Å². The fourth-order valence-corrected chi connectivity index (χ4v) is 2.78. The van der Waals surface area contributed by atoms with Gasteiger partial charge in [-0.3, -0.25) is 0 Å². The van der Waals surface area contributed by atoms with Crippen LogP contribution in [0.15, 0.2) is 0 Å². The summed E-state index contributed by atoms with van der Waals surface area (Å²) in [4.78, 5) is 14.2. The Kier molecular flexibility index (Phi) is 7.92. The second-order valence-corrected chi connectivity index (χ2v) is 6.43. The molecule has 0 aromatic heterocycles. The highest BCUT2D eigenvalue weighted by Gasteiger charge is 2.20. The van der Waals surface area contributed by atoms with Gasteiger partial charge in [-0.15, -0.1) is 0 Å². The summed E-state index contributed by atoms with van der Waals surface area (Å²) < 4.78 is 0. The molecular weight excluding hydrogens is 254 g/mol. The largest absolute Gasteiger partial charge is 0.396 e.